The number of hydrogen-bond donors (Lipinski definition) is 3. The molecule has 1 aromatic heterocycles. The highest BCUT2D eigenvalue weighted by Crippen LogP contribution is 2.29. The van der Waals surface area contributed by atoms with Crippen molar-refractivity contribution in [3.63, 3.8) is 0 Å². The smallest absolute Gasteiger partial charge is 0.422 e. The van der Waals surface area contributed by atoms with Crippen LogP contribution in [0.3, 0.4) is 0 Å². The van der Waals surface area contributed by atoms with E-state index in [9.17, 15) is 27.6 Å². The molecule has 10 heteroatoms. The highest BCUT2D eigenvalue weighted by Gasteiger charge is 2.35. The minimum absolute atomic E-state index is 0.0703. The largest absolute Gasteiger partial charge is 0.423 e. The summed E-state index contributed by atoms with van der Waals surface area (Å²) in [4.78, 5) is 36.7. The number of halogens is 3. The monoisotopic (exact) mass is 425 g/mol. The van der Waals surface area contributed by atoms with Crippen LogP contribution in [0, 0.1) is 5.92 Å². The predicted octanol–water partition coefficient (Wildman–Crippen LogP) is 2.64. The van der Waals surface area contributed by atoms with Gasteiger partial charge in [0, 0.05) is 17.1 Å². The van der Waals surface area contributed by atoms with E-state index in [2.05, 4.69) is 16.0 Å². The summed E-state index contributed by atoms with van der Waals surface area (Å²) in [7, 11) is 0. The third kappa shape index (κ3) is 4.81. The molecule has 1 saturated heterocycles. The molecule has 2 atom stereocenters. The molecule has 162 valence electrons. The van der Waals surface area contributed by atoms with Gasteiger partial charge >= 0.3 is 11.8 Å². The Balaban J connectivity index is 1.78. The Morgan fingerprint density at radius 1 is 1.23 bits per heavy atom. The van der Waals surface area contributed by atoms with Gasteiger partial charge in [-0.3, -0.25) is 9.59 Å². The number of nitrogens with one attached hydrogen (secondary N) is 3. The van der Waals surface area contributed by atoms with Crippen molar-refractivity contribution in [2.24, 2.45) is 5.92 Å². The third-order valence-corrected chi connectivity index (χ3v) is 4.93. The fraction of sp³-hybridized carbons (Fsp3) is 0.450. The van der Waals surface area contributed by atoms with Crippen LogP contribution in [0.25, 0.3) is 11.0 Å². The van der Waals surface area contributed by atoms with Gasteiger partial charge in [-0.15, -0.1) is 0 Å². The Bertz CT molecular complexity index is 1010. The van der Waals surface area contributed by atoms with Gasteiger partial charge in [0.2, 0.25) is 11.8 Å². The van der Waals surface area contributed by atoms with Crippen molar-refractivity contribution in [1.82, 2.24) is 10.6 Å². The van der Waals surface area contributed by atoms with Gasteiger partial charge in [0.25, 0.3) is 0 Å². The lowest BCUT2D eigenvalue weighted by atomic mass is 10.0. The molecule has 0 aliphatic carbocycles. The fourth-order valence-electron chi connectivity index (χ4n) is 3.30. The van der Waals surface area contributed by atoms with Gasteiger partial charge in [0.1, 0.15) is 17.2 Å². The number of carbonyl (C=O) groups is 2. The van der Waals surface area contributed by atoms with E-state index in [1.807, 2.05) is 0 Å². The Kier molecular flexibility index (Phi) is 6.16. The van der Waals surface area contributed by atoms with Crippen LogP contribution < -0.4 is 21.6 Å². The first-order valence-electron chi connectivity index (χ1n) is 9.56. The number of alkyl halides is 3. The molecule has 0 radical (unpaired) electrons. The van der Waals surface area contributed by atoms with E-state index in [0.29, 0.717) is 12.5 Å². The van der Waals surface area contributed by atoms with Crippen molar-refractivity contribution >= 4 is 28.5 Å². The van der Waals surface area contributed by atoms with E-state index in [4.69, 9.17) is 4.42 Å². The van der Waals surface area contributed by atoms with Gasteiger partial charge in [0.05, 0.1) is 6.04 Å². The zero-order chi connectivity index (χ0) is 22.1. The number of hydrogen-bond acceptors (Lipinski definition) is 5. The number of rotatable bonds is 5. The molecule has 2 heterocycles. The lowest BCUT2D eigenvalue weighted by molar-refractivity contribution is -0.139. The molecular weight excluding hydrogens is 403 g/mol. The summed E-state index contributed by atoms with van der Waals surface area (Å²) in [5, 5.41) is 8.49. The molecule has 0 spiro atoms. The maximum Gasteiger partial charge on any atom is 0.423 e. The molecule has 1 aliphatic rings. The highest BCUT2D eigenvalue weighted by atomic mass is 19.4. The second kappa shape index (κ2) is 8.47. The van der Waals surface area contributed by atoms with E-state index in [0.717, 1.165) is 13.0 Å². The first kappa shape index (κ1) is 21.8. The highest BCUT2D eigenvalue weighted by molar-refractivity contribution is 5.99. The van der Waals surface area contributed by atoms with Crippen molar-refractivity contribution in [3.8, 4) is 0 Å². The average molecular weight is 425 g/mol. The van der Waals surface area contributed by atoms with E-state index < -0.39 is 29.3 Å². The molecule has 0 bridgehead atoms. The van der Waals surface area contributed by atoms with E-state index in [-0.39, 0.29) is 34.5 Å². The van der Waals surface area contributed by atoms with Gasteiger partial charge in [-0.1, -0.05) is 13.8 Å². The summed E-state index contributed by atoms with van der Waals surface area (Å²) >= 11 is 0. The van der Waals surface area contributed by atoms with Gasteiger partial charge < -0.3 is 20.4 Å². The summed E-state index contributed by atoms with van der Waals surface area (Å²) in [5.74, 6) is -0.946. The third-order valence-electron chi connectivity index (χ3n) is 4.93. The fourth-order valence-corrected chi connectivity index (χ4v) is 3.30. The minimum Gasteiger partial charge on any atom is -0.422 e. The summed E-state index contributed by atoms with van der Waals surface area (Å²) in [6, 6.07) is 3.55. The number of amides is 2. The Morgan fingerprint density at radius 3 is 2.57 bits per heavy atom. The molecule has 0 unspecified atom stereocenters. The van der Waals surface area contributed by atoms with Gasteiger partial charge in [0.15, 0.2) is 0 Å². The number of fused-ring (bicyclic) bond motifs is 1. The van der Waals surface area contributed by atoms with Crippen molar-refractivity contribution in [1.29, 1.82) is 0 Å². The van der Waals surface area contributed by atoms with Crippen LogP contribution >= 0.6 is 0 Å². The predicted molar refractivity (Wildman–Crippen MR) is 104 cm³/mol. The number of benzene rings is 1. The summed E-state index contributed by atoms with van der Waals surface area (Å²) in [6.07, 6.45) is -3.24. The maximum atomic E-state index is 12.9. The first-order valence-corrected chi connectivity index (χ1v) is 9.56. The number of carbonyl (C=O) groups excluding carboxylic acids is 2. The number of anilines is 1. The molecule has 3 N–H and O–H groups in total. The second-order valence-corrected chi connectivity index (χ2v) is 7.57. The molecule has 30 heavy (non-hydrogen) atoms. The lowest BCUT2D eigenvalue weighted by Crippen LogP contribution is -2.52. The standard InChI is InChI=1S/C20H22F3N3O4/c1-10(2)16(26-17(27)14-4-3-7-24-14)18(28)25-12-6-5-11-8-13(20(21,22)23)19(29)30-15(11)9-12/h5-6,8-10,14,16,24H,3-4,7H2,1-2H3,(H,25,28)(H,26,27)/t14-,16-/m0/s1. The van der Waals surface area contributed by atoms with Crippen LogP contribution in [-0.4, -0.2) is 30.4 Å². The van der Waals surface area contributed by atoms with Crippen molar-refractivity contribution in [2.75, 3.05) is 11.9 Å². The zero-order valence-electron chi connectivity index (χ0n) is 16.4. The second-order valence-electron chi connectivity index (χ2n) is 7.57. The van der Waals surface area contributed by atoms with Crippen LogP contribution in [0.5, 0.6) is 0 Å². The molecule has 1 aliphatic heterocycles. The van der Waals surface area contributed by atoms with E-state index in [1.165, 1.54) is 18.2 Å². The van der Waals surface area contributed by atoms with Gasteiger partial charge in [-0.2, -0.15) is 13.2 Å². The van der Waals surface area contributed by atoms with E-state index in [1.54, 1.807) is 13.8 Å². The molecule has 1 aromatic carbocycles. The minimum atomic E-state index is -4.82. The van der Waals surface area contributed by atoms with Crippen molar-refractivity contribution in [3.05, 3.63) is 40.2 Å². The molecule has 2 aromatic rings. The van der Waals surface area contributed by atoms with Gasteiger partial charge in [-0.25, -0.2) is 4.79 Å². The molecule has 2 amide bonds. The van der Waals surface area contributed by atoms with E-state index >= 15 is 0 Å². The van der Waals surface area contributed by atoms with Crippen molar-refractivity contribution in [2.45, 2.75) is 44.9 Å². The normalized spacial score (nSPS) is 17.9. The van der Waals surface area contributed by atoms with Gasteiger partial charge in [-0.05, 0) is 43.5 Å². The molecule has 1 fully saturated rings. The summed E-state index contributed by atoms with van der Waals surface area (Å²) in [5.41, 5.74) is -2.76. The van der Waals surface area contributed by atoms with Crippen LogP contribution in [0.2, 0.25) is 0 Å². The summed E-state index contributed by atoms with van der Waals surface area (Å²) in [6.45, 7) is 4.31. The van der Waals surface area contributed by atoms with Crippen LogP contribution in [0.1, 0.15) is 32.3 Å². The summed E-state index contributed by atoms with van der Waals surface area (Å²) < 4.78 is 43.3. The van der Waals surface area contributed by atoms with Crippen molar-refractivity contribution < 1.29 is 27.2 Å². The topological polar surface area (TPSA) is 100 Å². The Morgan fingerprint density at radius 2 is 1.97 bits per heavy atom. The quantitative estimate of drug-likeness (QED) is 0.640. The molecule has 0 saturated carbocycles. The van der Waals surface area contributed by atoms with Crippen LogP contribution in [-0.2, 0) is 15.8 Å². The zero-order valence-corrected chi connectivity index (χ0v) is 16.4. The average Bonchev–Trinajstić information content (AvgIpc) is 3.18. The maximum absolute atomic E-state index is 12.9. The first-order chi connectivity index (χ1) is 14.1. The lowest BCUT2D eigenvalue weighted by Gasteiger charge is -2.23. The van der Waals surface area contributed by atoms with Crippen LogP contribution in [0.15, 0.2) is 33.5 Å². The van der Waals surface area contributed by atoms with Crippen LogP contribution in [0.4, 0.5) is 18.9 Å². The molecular formula is C20H22F3N3O4. The molecule has 3 rings (SSSR count). The molecule has 7 nitrogen and oxygen atoms in total. The Hall–Kier alpha value is -2.88. The Labute approximate surface area is 170 Å². The SMILES string of the molecule is CC(C)[C@H](NC(=O)[C@@H]1CCCN1)C(=O)Nc1ccc2cc(C(F)(F)F)c(=O)oc2c1.